The fourth-order valence-electron chi connectivity index (χ4n) is 1.71. The van der Waals surface area contributed by atoms with Gasteiger partial charge in [-0.15, -0.1) is 0 Å². The zero-order valence-corrected chi connectivity index (χ0v) is 6.70. The lowest BCUT2D eigenvalue weighted by Crippen LogP contribution is -2.41. The number of hydrogen-bond donors (Lipinski definition) is 1. The van der Waals surface area contributed by atoms with Crippen LogP contribution >= 0.6 is 0 Å². The minimum absolute atomic E-state index is 0.444. The van der Waals surface area contributed by atoms with Gasteiger partial charge in [-0.3, -0.25) is 0 Å². The van der Waals surface area contributed by atoms with Gasteiger partial charge in [0.05, 0.1) is 0 Å². The smallest absolute Gasteiger partial charge is 0.0175 e. The standard InChI is InChI=1S/C8H17N/c1-7-5-4-6-8(7,2)9-3/h7,9H,4-6H2,1-3H3/t7-,8+/m0/s1. The average molecular weight is 127 g/mol. The van der Waals surface area contributed by atoms with Gasteiger partial charge >= 0.3 is 0 Å². The molecule has 0 saturated heterocycles. The summed E-state index contributed by atoms with van der Waals surface area (Å²) in [5.74, 6) is 0.863. The maximum atomic E-state index is 3.39. The molecule has 0 aromatic rings. The Morgan fingerprint density at radius 3 is 2.44 bits per heavy atom. The molecule has 1 aliphatic rings. The number of rotatable bonds is 1. The highest BCUT2D eigenvalue weighted by molar-refractivity contribution is 4.92. The highest BCUT2D eigenvalue weighted by Crippen LogP contribution is 2.34. The van der Waals surface area contributed by atoms with Crippen molar-refractivity contribution in [2.75, 3.05) is 7.05 Å². The third-order valence-electron chi connectivity index (χ3n) is 2.99. The fourth-order valence-corrected chi connectivity index (χ4v) is 1.71. The molecule has 0 aromatic carbocycles. The lowest BCUT2D eigenvalue weighted by Gasteiger charge is -2.28. The highest BCUT2D eigenvalue weighted by Gasteiger charge is 2.33. The van der Waals surface area contributed by atoms with E-state index in [1.54, 1.807) is 0 Å². The SMILES string of the molecule is CN[C@]1(C)CCC[C@@H]1C. The van der Waals surface area contributed by atoms with Crippen LogP contribution in [-0.4, -0.2) is 12.6 Å². The lowest BCUT2D eigenvalue weighted by atomic mass is 9.91. The van der Waals surface area contributed by atoms with Gasteiger partial charge in [0, 0.05) is 5.54 Å². The Labute approximate surface area is 57.8 Å². The van der Waals surface area contributed by atoms with E-state index < -0.39 is 0 Å². The van der Waals surface area contributed by atoms with Crippen LogP contribution in [0.4, 0.5) is 0 Å². The Balaban J connectivity index is 2.56. The molecule has 0 bridgehead atoms. The van der Waals surface area contributed by atoms with Gasteiger partial charge in [-0.1, -0.05) is 13.3 Å². The van der Waals surface area contributed by atoms with Gasteiger partial charge in [-0.25, -0.2) is 0 Å². The molecular formula is C8H17N. The van der Waals surface area contributed by atoms with Gasteiger partial charge in [0.2, 0.25) is 0 Å². The summed E-state index contributed by atoms with van der Waals surface area (Å²) >= 11 is 0. The highest BCUT2D eigenvalue weighted by atomic mass is 14.9. The predicted molar refractivity (Wildman–Crippen MR) is 40.5 cm³/mol. The second kappa shape index (κ2) is 2.30. The molecule has 1 fully saturated rings. The molecule has 0 heterocycles. The summed E-state index contributed by atoms with van der Waals surface area (Å²) in [5.41, 5.74) is 0.444. The molecule has 1 aliphatic carbocycles. The van der Waals surface area contributed by atoms with Crippen LogP contribution in [0.3, 0.4) is 0 Å². The Hall–Kier alpha value is -0.0400. The van der Waals surface area contributed by atoms with Crippen LogP contribution in [0.5, 0.6) is 0 Å². The molecular weight excluding hydrogens is 110 g/mol. The largest absolute Gasteiger partial charge is 0.314 e. The van der Waals surface area contributed by atoms with E-state index in [0.29, 0.717) is 5.54 Å². The molecule has 1 rings (SSSR count). The van der Waals surface area contributed by atoms with Crippen LogP contribution < -0.4 is 5.32 Å². The Morgan fingerprint density at radius 2 is 2.22 bits per heavy atom. The van der Waals surface area contributed by atoms with Gasteiger partial charge in [0.1, 0.15) is 0 Å². The molecule has 2 atom stereocenters. The Morgan fingerprint density at radius 1 is 1.56 bits per heavy atom. The van der Waals surface area contributed by atoms with E-state index in [1.165, 1.54) is 19.3 Å². The number of hydrogen-bond acceptors (Lipinski definition) is 1. The normalized spacial score (nSPS) is 43.7. The molecule has 0 radical (unpaired) electrons. The van der Waals surface area contributed by atoms with E-state index >= 15 is 0 Å². The molecule has 1 nitrogen and oxygen atoms in total. The molecule has 0 aliphatic heterocycles. The Kier molecular flexibility index (Phi) is 1.80. The van der Waals surface area contributed by atoms with Crippen LogP contribution in [0.1, 0.15) is 33.1 Å². The predicted octanol–water partition coefficient (Wildman–Crippen LogP) is 1.78. The van der Waals surface area contributed by atoms with Crippen molar-refractivity contribution in [3.05, 3.63) is 0 Å². The van der Waals surface area contributed by atoms with Crippen LogP contribution in [0.15, 0.2) is 0 Å². The van der Waals surface area contributed by atoms with E-state index in [9.17, 15) is 0 Å². The molecule has 0 aromatic heterocycles. The van der Waals surface area contributed by atoms with Crippen LogP contribution in [-0.2, 0) is 0 Å². The van der Waals surface area contributed by atoms with Gasteiger partial charge < -0.3 is 5.32 Å². The van der Waals surface area contributed by atoms with Crippen molar-refractivity contribution >= 4 is 0 Å². The van der Waals surface area contributed by atoms with Crippen molar-refractivity contribution in [1.82, 2.24) is 5.32 Å². The van der Waals surface area contributed by atoms with Crippen molar-refractivity contribution in [2.45, 2.75) is 38.6 Å². The van der Waals surface area contributed by atoms with Crippen LogP contribution in [0, 0.1) is 5.92 Å². The second-order valence-corrected chi connectivity index (χ2v) is 3.46. The van der Waals surface area contributed by atoms with E-state index in [2.05, 4.69) is 26.2 Å². The van der Waals surface area contributed by atoms with Crippen molar-refractivity contribution in [2.24, 2.45) is 5.92 Å². The first-order valence-corrected chi connectivity index (χ1v) is 3.88. The minimum atomic E-state index is 0.444. The molecule has 1 N–H and O–H groups in total. The third-order valence-corrected chi connectivity index (χ3v) is 2.99. The van der Waals surface area contributed by atoms with E-state index in [0.717, 1.165) is 5.92 Å². The zero-order chi connectivity index (χ0) is 6.91. The summed E-state index contributed by atoms with van der Waals surface area (Å²) in [6.45, 7) is 4.66. The van der Waals surface area contributed by atoms with Gasteiger partial charge in [0.25, 0.3) is 0 Å². The topological polar surface area (TPSA) is 12.0 Å². The summed E-state index contributed by atoms with van der Waals surface area (Å²) in [6, 6.07) is 0. The van der Waals surface area contributed by atoms with E-state index in [1.807, 2.05) is 0 Å². The maximum absolute atomic E-state index is 3.39. The van der Waals surface area contributed by atoms with Crippen LogP contribution in [0.25, 0.3) is 0 Å². The first kappa shape index (κ1) is 7.07. The lowest BCUT2D eigenvalue weighted by molar-refractivity contribution is 0.308. The second-order valence-electron chi connectivity index (χ2n) is 3.46. The average Bonchev–Trinajstić information content (AvgIpc) is 2.15. The van der Waals surface area contributed by atoms with Crippen molar-refractivity contribution in [3.8, 4) is 0 Å². The maximum Gasteiger partial charge on any atom is 0.0175 e. The summed E-state index contributed by atoms with van der Waals surface area (Å²) in [5, 5.41) is 3.39. The van der Waals surface area contributed by atoms with Gasteiger partial charge in [0.15, 0.2) is 0 Å². The van der Waals surface area contributed by atoms with Gasteiger partial charge in [-0.05, 0) is 32.7 Å². The minimum Gasteiger partial charge on any atom is -0.314 e. The third kappa shape index (κ3) is 1.11. The molecule has 54 valence electrons. The molecule has 9 heavy (non-hydrogen) atoms. The van der Waals surface area contributed by atoms with E-state index in [-0.39, 0.29) is 0 Å². The van der Waals surface area contributed by atoms with Crippen molar-refractivity contribution in [3.63, 3.8) is 0 Å². The quantitative estimate of drug-likeness (QED) is 0.566. The summed E-state index contributed by atoms with van der Waals surface area (Å²) in [7, 11) is 2.07. The fraction of sp³-hybridized carbons (Fsp3) is 1.00. The summed E-state index contributed by atoms with van der Waals surface area (Å²) in [6.07, 6.45) is 4.15. The summed E-state index contributed by atoms with van der Waals surface area (Å²) < 4.78 is 0. The van der Waals surface area contributed by atoms with Crippen molar-refractivity contribution < 1.29 is 0 Å². The van der Waals surface area contributed by atoms with Crippen molar-refractivity contribution in [1.29, 1.82) is 0 Å². The number of nitrogens with one attached hydrogen (secondary N) is 1. The zero-order valence-electron chi connectivity index (χ0n) is 6.70. The first-order valence-electron chi connectivity index (χ1n) is 3.88. The first-order chi connectivity index (χ1) is 4.19. The Bertz CT molecular complexity index is 101. The molecule has 0 spiro atoms. The molecule has 1 heteroatoms. The van der Waals surface area contributed by atoms with Gasteiger partial charge in [-0.2, -0.15) is 0 Å². The molecule has 0 unspecified atom stereocenters. The molecule has 0 amide bonds. The summed E-state index contributed by atoms with van der Waals surface area (Å²) in [4.78, 5) is 0. The van der Waals surface area contributed by atoms with E-state index in [4.69, 9.17) is 0 Å². The van der Waals surface area contributed by atoms with Crippen LogP contribution in [0.2, 0.25) is 0 Å². The monoisotopic (exact) mass is 127 g/mol. The molecule has 1 saturated carbocycles.